The summed E-state index contributed by atoms with van der Waals surface area (Å²) in [7, 11) is 5.64. The summed E-state index contributed by atoms with van der Waals surface area (Å²) < 4.78 is 5.42. The van der Waals surface area contributed by atoms with Gasteiger partial charge in [0.1, 0.15) is 5.75 Å². The van der Waals surface area contributed by atoms with E-state index in [0.717, 1.165) is 44.8 Å². The highest BCUT2D eigenvalue weighted by Crippen LogP contribution is 2.30. The van der Waals surface area contributed by atoms with Crippen LogP contribution in [0.5, 0.6) is 5.75 Å². The fourth-order valence-corrected chi connectivity index (χ4v) is 3.66. The van der Waals surface area contributed by atoms with Crippen molar-refractivity contribution >= 4 is 34.4 Å². The second-order valence-corrected chi connectivity index (χ2v) is 7.36. The monoisotopic (exact) mass is 371 g/mol. The fourth-order valence-electron chi connectivity index (χ4n) is 2.74. The van der Waals surface area contributed by atoms with E-state index in [1.165, 1.54) is 0 Å². The summed E-state index contributed by atoms with van der Waals surface area (Å²) in [5.41, 5.74) is 3.89. The minimum atomic E-state index is 0. The van der Waals surface area contributed by atoms with Gasteiger partial charge in [0, 0.05) is 33.8 Å². The highest BCUT2D eigenvalue weighted by atomic mass is 32.1. The summed E-state index contributed by atoms with van der Waals surface area (Å²) in [5, 5.41) is 4.35. The number of hydrogen-bond acceptors (Lipinski definition) is 7. The van der Waals surface area contributed by atoms with Gasteiger partial charge >= 0.3 is 0 Å². The van der Waals surface area contributed by atoms with Crippen LogP contribution in [0.3, 0.4) is 0 Å². The molecular formula is C19H25N5OS. The van der Waals surface area contributed by atoms with Crippen LogP contribution < -0.4 is 15.0 Å². The van der Waals surface area contributed by atoms with Gasteiger partial charge in [-0.15, -0.1) is 11.3 Å². The highest BCUT2D eigenvalue weighted by Gasteiger charge is 2.14. The van der Waals surface area contributed by atoms with Crippen LogP contribution in [0.2, 0.25) is 0 Å². The second-order valence-electron chi connectivity index (χ2n) is 6.15. The van der Waals surface area contributed by atoms with E-state index >= 15 is 0 Å². The molecule has 1 N–H and O–H groups in total. The molecule has 0 spiro atoms. The molecule has 2 heterocycles. The van der Waals surface area contributed by atoms with Crippen LogP contribution in [-0.4, -0.2) is 37.9 Å². The van der Waals surface area contributed by atoms with Crippen LogP contribution in [0.4, 0.5) is 11.4 Å². The maximum Gasteiger partial charge on any atom is 0.227 e. The lowest BCUT2D eigenvalue weighted by molar-refractivity contribution is 0.415. The summed E-state index contributed by atoms with van der Waals surface area (Å²) in [6.07, 6.45) is 4.54. The Morgan fingerprint density at radius 2 is 2.08 bits per heavy atom. The number of allylic oxidation sites excluding steroid dienone is 1. The van der Waals surface area contributed by atoms with Gasteiger partial charge in [0.15, 0.2) is 0 Å². The molecule has 26 heavy (non-hydrogen) atoms. The molecule has 1 aromatic carbocycles. The van der Waals surface area contributed by atoms with E-state index in [1.807, 2.05) is 57.1 Å². The van der Waals surface area contributed by atoms with E-state index in [9.17, 15) is 0 Å². The first-order valence-corrected chi connectivity index (χ1v) is 9.16. The Labute approximate surface area is 159 Å². The molecule has 0 atom stereocenters. The zero-order chi connectivity index (χ0) is 18.7. The number of hydrogen-bond donors (Lipinski definition) is 1. The summed E-state index contributed by atoms with van der Waals surface area (Å²) in [6.45, 7) is 4.04. The van der Waals surface area contributed by atoms with Gasteiger partial charge in [0.2, 0.25) is 5.96 Å². The number of nitrogens with one attached hydrogen (secondary N) is 1. The predicted molar refractivity (Wildman–Crippen MR) is 112 cm³/mol. The Morgan fingerprint density at radius 1 is 1.27 bits per heavy atom. The summed E-state index contributed by atoms with van der Waals surface area (Å²) >= 11 is 1.67. The van der Waals surface area contributed by atoms with E-state index in [0.29, 0.717) is 5.96 Å². The lowest BCUT2D eigenvalue weighted by Crippen LogP contribution is -2.14. The first kappa shape index (κ1) is 18.1. The maximum absolute atomic E-state index is 5.42. The fraction of sp³-hybridized carbons (Fsp3) is 0.316. The largest absolute Gasteiger partial charge is 0.495 e. The van der Waals surface area contributed by atoms with Crippen molar-refractivity contribution in [1.29, 1.82) is 0 Å². The van der Waals surface area contributed by atoms with Crippen molar-refractivity contribution in [3.8, 4) is 5.75 Å². The molecule has 0 fully saturated rings. The van der Waals surface area contributed by atoms with Gasteiger partial charge < -0.3 is 15.0 Å². The number of aryl methyl sites for hydroxylation is 2. The number of benzene rings is 1. The molecule has 0 amide bonds. The zero-order valence-corrected chi connectivity index (χ0v) is 16.5. The molecule has 0 saturated carbocycles. The minimum absolute atomic E-state index is 0. The molecule has 6 nitrogen and oxygen atoms in total. The molecule has 1 aromatic heterocycles. The van der Waals surface area contributed by atoms with Crippen molar-refractivity contribution in [3.05, 3.63) is 46.1 Å². The molecule has 0 bridgehead atoms. The third-order valence-corrected chi connectivity index (χ3v) is 5.06. The Bertz CT molecular complexity index is 902. The second kappa shape index (κ2) is 7.70. The normalized spacial score (nSPS) is 13.7. The van der Waals surface area contributed by atoms with Crippen LogP contribution in [0.25, 0.3) is 0 Å². The number of thiazole rings is 1. The first-order valence-electron chi connectivity index (χ1n) is 8.35. The summed E-state index contributed by atoms with van der Waals surface area (Å²) in [6, 6.07) is 5.92. The van der Waals surface area contributed by atoms with E-state index < -0.39 is 0 Å². The van der Waals surface area contributed by atoms with Gasteiger partial charge in [-0.2, -0.15) is 0 Å². The lowest BCUT2D eigenvalue weighted by atomic mass is 10.2. The number of aliphatic imine (C=N–C) groups is 2. The van der Waals surface area contributed by atoms with E-state index in [2.05, 4.69) is 15.3 Å². The third-order valence-electron chi connectivity index (χ3n) is 3.94. The van der Waals surface area contributed by atoms with Gasteiger partial charge in [0.05, 0.1) is 34.1 Å². The SMILES string of the molecule is COc1ccc(NC2=NC=CCC(c3sc(C)nc3C)=N2)cc1N(C)C.[HH]. The number of anilines is 2. The summed E-state index contributed by atoms with van der Waals surface area (Å²) in [5.74, 6) is 1.39. The van der Waals surface area contributed by atoms with E-state index in [-0.39, 0.29) is 1.43 Å². The standard InChI is InChI=1S/C19H23N5OS.H2/c1-12-18(26-13(2)21-12)15-7-6-10-20-19(23-15)22-14-8-9-17(25-5)16(11-14)24(3)4;/h6,8-11H,7H2,1-5H3,(H,20,22);1H. The van der Waals surface area contributed by atoms with Crippen molar-refractivity contribution in [2.24, 2.45) is 9.98 Å². The molecule has 7 heteroatoms. The van der Waals surface area contributed by atoms with Crippen LogP contribution in [0, 0.1) is 13.8 Å². The minimum Gasteiger partial charge on any atom is -0.495 e. The van der Waals surface area contributed by atoms with Crippen LogP contribution in [0.15, 0.2) is 40.5 Å². The van der Waals surface area contributed by atoms with Crippen molar-refractivity contribution in [3.63, 3.8) is 0 Å². The Kier molecular flexibility index (Phi) is 5.37. The molecule has 0 saturated heterocycles. The molecule has 138 valence electrons. The third kappa shape index (κ3) is 3.94. The van der Waals surface area contributed by atoms with E-state index in [1.54, 1.807) is 24.6 Å². The molecule has 0 aliphatic carbocycles. The topological polar surface area (TPSA) is 62.1 Å². The lowest BCUT2D eigenvalue weighted by Gasteiger charge is -2.18. The number of aromatic nitrogens is 1. The maximum atomic E-state index is 5.42. The highest BCUT2D eigenvalue weighted by molar-refractivity contribution is 7.13. The number of rotatable bonds is 4. The van der Waals surface area contributed by atoms with Crippen molar-refractivity contribution < 1.29 is 6.16 Å². The van der Waals surface area contributed by atoms with E-state index in [4.69, 9.17) is 9.73 Å². The molecule has 1 aliphatic rings. The first-order chi connectivity index (χ1) is 12.5. The van der Waals surface area contributed by atoms with Crippen molar-refractivity contribution in [2.75, 3.05) is 31.4 Å². The zero-order valence-electron chi connectivity index (χ0n) is 15.7. The van der Waals surface area contributed by atoms with Crippen LogP contribution >= 0.6 is 11.3 Å². The molecule has 0 unspecified atom stereocenters. The van der Waals surface area contributed by atoms with Gasteiger partial charge in [-0.25, -0.2) is 15.0 Å². The Balaban J connectivity index is 0.00000261. The van der Waals surface area contributed by atoms with Crippen molar-refractivity contribution in [1.82, 2.24) is 4.98 Å². The Morgan fingerprint density at radius 3 is 2.73 bits per heavy atom. The van der Waals surface area contributed by atoms with Crippen LogP contribution in [0.1, 0.15) is 23.4 Å². The van der Waals surface area contributed by atoms with Crippen molar-refractivity contribution in [2.45, 2.75) is 20.3 Å². The summed E-state index contributed by atoms with van der Waals surface area (Å²) in [4.78, 5) is 16.8. The molecule has 0 radical (unpaired) electrons. The number of guanidine groups is 1. The Hall–Kier alpha value is -2.67. The quantitative estimate of drug-likeness (QED) is 0.872. The number of ether oxygens (including phenoxy) is 1. The predicted octanol–water partition coefficient (Wildman–Crippen LogP) is 4.26. The molecule has 1 aliphatic heterocycles. The van der Waals surface area contributed by atoms with Gasteiger partial charge in [-0.05, 0) is 32.0 Å². The average Bonchev–Trinajstić information content (AvgIpc) is 2.81. The van der Waals surface area contributed by atoms with Gasteiger partial charge in [-0.3, -0.25) is 0 Å². The van der Waals surface area contributed by atoms with Gasteiger partial charge in [0.25, 0.3) is 0 Å². The van der Waals surface area contributed by atoms with Crippen LogP contribution in [-0.2, 0) is 0 Å². The van der Waals surface area contributed by atoms with Gasteiger partial charge in [-0.1, -0.05) is 6.08 Å². The average molecular weight is 372 g/mol. The molecule has 3 rings (SSSR count). The molecule has 2 aromatic rings. The molecular weight excluding hydrogens is 346 g/mol. The number of nitrogens with zero attached hydrogens (tertiary/aromatic N) is 4. The smallest absolute Gasteiger partial charge is 0.227 e. The number of methoxy groups -OCH3 is 1.